The highest BCUT2D eigenvalue weighted by Crippen LogP contribution is 2.38. The fraction of sp³-hybridized carbons (Fsp3) is 0.0882. The Labute approximate surface area is 256 Å². The van der Waals surface area contributed by atoms with Crippen LogP contribution in [0.1, 0.15) is 33.6 Å². The Morgan fingerprint density at radius 1 is 0.932 bits per heavy atom. The lowest BCUT2D eigenvalue weighted by molar-refractivity contribution is -0.384. The van der Waals surface area contributed by atoms with Crippen molar-refractivity contribution in [3.8, 4) is 11.5 Å². The number of rotatable bonds is 8. The van der Waals surface area contributed by atoms with E-state index in [0.29, 0.717) is 40.8 Å². The van der Waals surface area contributed by atoms with Gasteiger partial charge in [0.15, 0.2) is 6.61 Å². The van der Waals surface area contributed by atoms with Gasteiger partial charge in [0.05, 0.1) is 32.4 Å². The molecule has 0 radical (unpaired) electrons. The van der Waals surface area contributed by atoms with Gasteiger partial charge >= 0.3 is 5.97 Å². The van der Waals surface area contributed by atoms with Crippen LogP contribution in [0, 0.1) is 10.1 Å². The average molecular weight is 606 g/mol. The Morgan fingerprint density at radius 2 is 1.70 bits per heavy atom. The number of aromatic nitrogens is 1. The molecule has 1 aliphatic rings. The zero-order valence-corrected chi connectivity index (χ0v) is 23.9. The van der Waals surface area contributed by atoms with Gasteiger partial charge in [0.1, 0.15) is 11.5 Å². The number of nitro benzene ring substituents is 1. The van der Waals surface area contributed by atoms with E-state index in [1.807, 2.05) is 78.9 Å². The molecule has 4 aromatic carbocycles. The SMILES string of the molecule is O=C(COC(=O)c1c2c(nc3ccccc13)C(=Cc1cccc(Oc3ccccc3)c1)CC2)Nc1cc([N+](=O)[O-])ccc1Cl. The van der Waals surface area contributed by atoms with Gasteiger partial charge in [-0.25, -0.2) is 9.78 Å². The van der Waals surface area contributed by atoms with Crippen LogP contribution >= 0.6 is 11.6 Å². The minimum Gasteiger partial charge on any atom is -0.457 e. The van der Waals surface area contributed by atoms with Gasteiger partial charge < -0.3 is 14.8 Å². The van der Waals surface area contributed by atoms with Crippen molar-refractivity contribution in [1.82, 2.24) is 4.98 Å². The lowest BCUT2D eigenvalue weighted by Crippen LogP contribution is -2.22. The van der Waals surface area contributed by atoms with Crippen LogP contribution in [-0.2, 0) is 16.0 Å². The van der Waals surface area contributed by atoms with Gasteiger partial charge in [-0.05, 0) is 72.0 Å². The van der Waals surface area contributed by atoms with Gasteiger partial charge in [-0.2, -0.15) is 0 Å². The molecule has 0 spiro atoms. The van der Waals surface area contributed by atoms with E-state index >= 15 is 0 Å². The first-order valence-electron chi connectivity index (χ1n) is 13.7. The largest absolute Gasteiger partial charge is 0.457 e. The molecule has 218 valence electrons. The molecule has 5 aromatic rings. The number of amides is 1. The number of fused-ring (bicyclic) bond motifs is 2. The Hall–Kier alpha value is -5.54. The van der Waals surface area contributed by atoms with Gasteiger partial charge in [0.25, 0.3) is 11.6 Å². The summed E-state index contributed by atoms with van der Waals surface area (Å²) in [6.45, 7) is -0.611. The molecule has 0 unspecified atom stereocenters. The molecule has 0 bridgehead atoms. The third kappa shape index (κ3) is 6.13. The number of nitro groups is 1. The van der Waals surface area contributed by atoms with E-state index in [9.17, 15) is 19.7 Å². The van der Waals surface area contributed by atoms with Gasteiger partial charge in [-0.1, -0.05) is 60.1 Å². The van der Waals surface area contributed by atoms with Crippen LogP contribution in [-0.4, -0.2) is 28.4 Å². The summed E-state index contributed by atoms with van der Waals surface area (Å²) >= 11 is 6.09. The van der Waals surface area contributed by atoms with Crippen molar-refractivity contribution in [2.24, 2.45) is 0 Å². The number of hydrogen-bond donors (Lipinski definition) is 1. The number of hydrogen-bond acceptors (Lipinski definition) is 7. The second-order valence-corrected chi connectivity index (χ2v) is 10.4. The maximum atomic E-state index is 13.5. The summed E-state index contributed by atoms with van der Waals surface area (Å²) in [5.74, 6) is 0.0828. The van der Waals surface area contributed by atoms with E-state index in [1.54, 1.807) is 6.07 Å². The number of halogens is 1. The number of non-ortho nitro benzene ring substituents is 1. The Kier molecular flexibility index (Phi) is 8.03. The smallest absolute Gasteiger partial charge is 0.339 e. The molecule has 0 fully saturated rings. The number of esters is 1. The Balaban J connectivity index is 1.25. The number of nitrogens with zero attached hydrogens (tertiary/aromatic N) is 2. The Morgan fingerprint density at radius 3 is 2.52 bits per heavy atom. The summed E-state index contributed by atoms with van der Waals surface area (Å²) in [4.78, 5) is 41.5. The predicted molar refractivity (Wildman–Crippen MR) is 168 cm³/mol. The van der Waals surface area contributed by atoms with Crippen molar-refractivity contribution < 1.29 is 24.0 Å². The molecule has 44 heavy (non-hydrogen) atoms. The monoisotopic (exact) mass is 605 g/mol. The van der Waals surface area contributed by atoms with Gasteiger partial charge in [0, 0.05) is 17.5 Å². The number of allylic oxidation sites excluding steroid dienone is 1. The van der Waals surface area contributed by atoms with E-state index in [4.69, 9.17) is 26.1 Å². The number of anilines is 1. The first kappa shape index (κ1) is 28.6. The van der Waals surface area contributed by atoms with Crippen LogP contribution in [0.15, 0.2) is 97.1 Å². The summed E-state index contributed by atoms with van der Waals surface area (Å²) in [6.07, 6.45) is 3.27. The van der Waals surface area contributed by atoms with Crippen molar-refractivity contribution in [2.75, 3.05) is 11.9 Å². The lowest BCUT2D eigenvalue weighted by atomic mass is 10.0. The average Bonchev–Trinajstić information content (AvgIpc) is 3.42. The highest BCUT2D eigenvalue weighted by molar-refractivity contribution is 6.33. The first-order chi connectivity index (χ1) is 21.4. The van der Waals surface area contributed by atoms with Gasteiger partial charge in [0.2, 0.25) is 0 Å². The minimum absolute atomic E-state index is 0.0465. The number of para-hydroxylation sites is 2. The molecule has 0 saturated heterocycles. The number of carbonyl (C=O) groups is 2. The van der Waals surface area contributed by atoms with Crippen molar-refractivity contribution in [1.29, 1.82) is 0 Å². The molecular formula is C34H24ClN3O6. The van der Waals surface area contributed by atoms with E-state index in [-0.39, 0.29) is 16.4 Å². The topological polar surface area (TPSA) is 121 Å². The highest BCUT2D eigenvalue weighted by Gasteiger charge is 2.28. The van der Waals surface area contributed by atoms with Crippen molar-refractivity contribution in [3.05, 3.63) is 135 Å². The Bertz CT molecular complexity index is 1960. The van der Waals surface area contributed by atoms with Gasteiger partial charge in [-0.15, -0.1) is 0 Å². The van der Waals surface area contributed by atoms with Crippen LogP contribution in [0.25, 0.3) is 22.6 Å². The zero-order chi connectivity index (χ0) is 30.6. The molecule has 0 saturated carbocycles. The normalized spacial score (nSPS) is 13.0. The third-order valence-electron chi connectivity index (χ3n) is 7.09. The lowest BCUT2D eigenvalue weighted by Gasteiger charge is -2.13. The molecule has 0 aliphatic heterocycles. The quantitative estimate of drug-likeness (QED) is 0.108. The van der Waals surface area contributed by atoms with Crippen LogP contribution in [0.5, 0.6) is 11.5 Å². The standard InChI is InChI=1S/C34H24ClN3O6/c35-28-16-14-23(38(41)42)19-30(28)36-31(39)20-43-34(40)32-26-11-4-5-12-29(26)37-33-22(13-15-27(32)33)17-21-7-6-10-25(18-21)44-24-8-2-1-3-9-24/h1-12,14,16-19H,13,15,20H2,(H,36,39). The molecular weight excluding hydrogens is 582 g/mol. The summed E-state index contributed by atoms with van der Waals surface area (Å²) in [5.41, 5.74) is 4.14. The molecule has 9 nitrogen and oxygen atoms in total. The van der Waals surface area contributed by atoms with Gasteiger partial charge in [-0.3, -0.25) is 14.9 Å². The third-order valence-corrected chi connectivity index (χ3v) is 7.42. The molecule has 1 aliphatic carbocycles. The summed E-state index contributed by atoms with van der Waals surface area (Å²) in [6, 6.07) is 28.2. The molecule has 1 N–H and O–H groups in total. The number of nitrogens with one attached hydrogen (secondary N) is 1. The van der Waals surface area contributed by atoms with Crippen molar-refractivity contribution in [2.45, 2.75) is 12.8 Å². The van der Waals surface area contributed by atoms with Crippen molar-refractivity contribution in [3.63, 3.8) is 0 Å². The molecule has 0 atom stereocenters. The maximum absolute atomic E-state index is 13.5. The van der Waals surface area contributed by atoms with E-state index < -0.39 is 23.4 Å². The maximum Gasteiger partial charge on any atom is 0.339 e. The second-order valence-electron chi connectivity index (χ2n) is 10.0. The molecule has 1 aromatic heterocycles. The van der Waals surface area contributed by atoms with Crippen molar-refractivity contribution >= 4 is 57.4 Å². The first-order valence-corrected chi connectivity index (χ1v) is 14.1. The highest BCUT2D eigenvalue weighted by atomic mass is 35.5. The van der Waals surface area contributed by atoms with Crippen LogP contribution < -0.4 is 10.1 Å². The van der Waals surface area contributed by atoms with E-state index in [2.05, 4.69) is 5.32 Å². The minimum atomic E-state index is -0.686. The summed E-state index contributed by atoms with van der Waals surface area (Å²) < 4.78 is 11.4. The molecule has 10 heteroatoms. The molecule has 1 heterocycles. The molecule has 1 amide bonds. The number of carbonyl (C=O) groups excluding carboxylic acids is 2. The van der Waals surface area contributed by atoms with Crippen LogP contribution in [0.4, 0.5) is 11.4 Å². The number of ether oxygens (including phenoxy) is 2. The zero-order valence-electron chi connectivity index (χ0n) is 23.2. The van der Waals surface area contributed by atoms with E-state index in [0.717, 1.165) is 28.5 Å². The molecule has 6 rings (SSSR count). The van der Waals surface area contributed by atoms with E-state index in [1.165, 1.54) is 12.1 Å². The second kappa shape index (κ2) is 12.4. The van der Waals surface area contributed by atoms with Crippen LogP contribution in [0.2, 0.25) is 5.02 Å². The summed E-state index contributed by atoms with van der Waals surface area (Å²) in [7, 11) is 0. The summed E-state index contributed by atoms with van der Waals surface area (Å²) in [5, 5.41) is 14.3. The predicted octanol–water partition coefficient (Wildman–Crippen LogP) is 7.87. The number of benzene rings is 4. The fourth-order valence-corrected chi connectivity index (χ4v) is 5.28. The van der Waals surface area contributed by atoms with Crippen LogP contribution in [0.3, 0.4) is 0 Å². The number of pyridine rings is 1. The fourth-order valence-electron chi connectivity index (χ4n) is 5.12.